The lowest BCUT2D eigenvalue weighted by atomic mass is 9.48. The fourth-order valence-corrected chi connectivity index (χ4v) is 6.89. The number of hydrogen-bond acceptors (Lipinski definition) is 5. The number of hydrogen-bond donors (Lipinski definition) is 1. The molecule has 1 saturated heterocycles. The molecule has 1 aliphatic heterocycles. The van der Waals surface area contributed by atoms with E-state index in [1.807, 2.05) is 0 Å². The van der Waals surface area contributed by atoms with Crippen molar-refractivity contribution >= 4 is 28.9 Å². The van der Waals surface area contributed by atoms with Gasteiger partial charge in [0.1, 0.15) is 6.54 Å². The van der Waals surface area contributed by atoms with Gasteiger partial charge >= 0.3 is 5.97 Å². The number of nitrogens with zero attached hydrogens (tertiary/aromatic N) is 1. The molecule has 5 rings (SSSR count). The Bertz CT molecular complexity index is 573. The van der Waals surface area contributed by atoms with Crippen LogP contribution in [0, 0.1) is 23.2 Å². The number of carbonyl (C=O) groups is 3. The Kier molecular flexibility index (Phi) is 4.92. The van der Waals surface area contributed by atoms with Crippen LogP contribution in [0.4, 0.5) is 4.79 Å². The van der Waals surface area contributed by atoms with Gasteiger partial charge in [-0.1, -0.05) is 11.8 Å². The zero-order valence-corrected chi connectivity index (χ0v) is 16.2. The molecule has 0 radical (unpaired) electrons. The van der Waals surface area contributed by atoms with Crippen molar-refractivity contribution < 1.29 is 19.1 Å². The van der Waals surface area contributed by atoms with Crippen LogP contribution < -0.4 is 5.32 Å². The third-order valence-corrected chi connectivity index (χ3v) is 7.80. The van der Waals surface area contributed by atoms with E-state index in [4.69, 9.17) is 4.74 Å². The second kappa shape index (κ2) is 7.06. The molecule has 1 atom stereocenters. The first-order chi connectivity index (χ1) is 12.4. The van der Waals surface area contributed by atoms with Crippen molar-refractivity contribution in [1.82, 2.24) is 10.2 Å². The fourth-order valence-electron chi connectivity index (χ4n) is 6.06. The smallest absolute Gasteiger partial charge is 0.326 e. The third kappa shape index (κ3) is 3.59. The summed E-state index contributed by atoms with van der Waals surface area (Å²) in [6.45, 7) is 2.36. The van der Waals surface area contributed by atoms with Gasteiger partial charge in [0.15, 0.2) is 6.61 Å². The van der Waals surface area contributed by atoms with Gasteiger partial charge in [-0.2, -0.15) is 0 Å². The molecule has 26 heavy (non-hydrogen) atoms. The summed E-state index contributed by atoms with van der Waals surface area (Å²) in [5, 5.41) is 3.00. The summed E-state index contributed by atoms with van der Waals surface area (Å²) in [4.78, 5) is 37.1. The number of esters is 1. The summed E-state index contributed by atoms with van der Waals surface area (Å²) in [5.74, 6) is 2.48. The summed E-state index contributed by atoms with van der Waals surface area (Å²) in [7, 11) is 0. The van der Waals surface area contributed by atoms with E-state index in [0.29, 0.717) is 12.3 Å². The highest BCUT2D eigenvalue weighted by atomic mass is 32.2. The Labute approximate surface area is 158 Å². The highest BCUT2D eigenvalue weighted by Gasteiger charge is 2.53. The van der Waals surface area contributed by atoms with Crippen molar-refractivity contribution in [3.63, 3.8) is 0 Å². The second-order valence-corrected chi connectivity index (χ2v) is 9.81. The van der Waals surface area contributed by atoms with Gasteiger partial charge in [-0.25, -0.2) is 0 Å². The van der Waals surface area contributed by atoms with Crippen LogP contribution in [0.5, 0.6) is 0 Å². The molecule has 0 aromatic rings. The SMILES string of the molecule is C[C@@H](NC(=O)COC(=O)CN1CCSC1=O)C12CC3CC(CC(C3)C1)C2. The van der Waals surface area contributed by atoms with Crippen molar-refractivity contribution in [1.29, 1.82) is 0 Å². The maximum atomic E-state index is 12.3. The van der Waals surface area contributed by atoms with Crippen molar-refractivity contribution in [3.05, 3.63) is 0 Å². The van der Waals surface area contributed by atoms with Gasteiger partial charge in [-0.15, -0.1) is 0 Å². The van der Waals surface area contributed by atoms with Crippen LogP contribution in [0.1, 0.15) is 45.4 Å². The average Bonchev–Trinajstić information content (AvgIpc) is 2.96. The molecule has 7 heteroatoms. The number of amides is 2. The number of nitrogens with one attached hydrogen (secondary N) is 1. The molecule has 144 valence electrons. The molecule has 0 aromatic heterocycles. The van der Waals surface area contributed by atoms with E-state index in [9.17, 15) is 14.4 Å². The maximum Gasteiger partial charge on any atom is 0.326 e. The molecule has 1 heterocycles. The molecule has 1 N–H and O–H groups in total. The van der Waals surface area contributed by atoms with Gasteiger partial charge in [-0.3, -0.25) is 14.4 Å². The van der Waals surface area contributed by atoms with E-state index >= 15 is 0 Å². The van der Waals surface area contributed by atoms with Gasteiger partial charge in [0.05, 0.1) is 0 Å². The maximum absolute atomic E-state index is 12.3. The zero-order chi connectivity index (χ0) is 18.3. The molecule has 0 unspecified atom stereocenters. The van der Waals surface area contributed by atoms with Crippen molar-refractivity contribution in [3.8, 4) is 0 Å². The fraction of sp³-hybridized carbons (Fsp3) is 0.842. The molecule has 0 aromatic carbocycles. The van der Waals surface area contributed by atoms with Gasteiger partial charge in [0.2, 0.25) is 0 Å². The number of rotatable bonds is 6. The lowest BCUT2D eigenvalue weighted by molar-refractivity contribution is -0.149. The van der Waals surface area contributed by atoms with Crippen molar-refractivity contribution in [2.45, 2.75) is 51.5 Å². The summed E-state index contributed by atoms with van der Waals surface area (Å²) in [6.07, 6.45) is 7.83. The van der Waals surface area contributed by atoms with E-state index in [0.717, 1.165) is 17.8 Å². The zero-order valence-electron chi connectivity index (χ0n) is 15.4. The van der Waals surface area contributed by atoms with E-state index in [-0.39, 0.29) is 35.8 Å². The van der Waals surface area contributed by atoms with E-state index in [1.165, 1.54) is 55.2 Å². The van der Waals surface area contributed by atoms with Gasteiger partial charge in [0, 0.05) is 18.3 Å². The summed E-state index contributed by atoms with van der Waals surface area (Å²) in [5.41, 5.74) is 0.244. The topological polar surface area (TPSA) is 75.7 Å². The van der Waals surface area contributed by atoms with Crippen LogP contribution >= 0.6 is 11.8 Å². The minimum Gasteiger partial charge on any atom is -0.454 e. The van der Waals surface area contributed by atoms with Crippen molar-refractivity contribution in [2.75, 3.05) is 25.4 Å². The standard InChI is InChI=1S/C19H28N2O4S/c1-12(19-7-13-4-14(8-19)6-15(5-13)9-19)20-16(22)11-25-17(23)10-21-2-3-26-18(21)24/h12-15H,2-11H2,1H3,(H,20,22)/t12-,13?,14?,15?,19?/m1/s1. The molecular weight excluding hydrogens is 352 g/mol. The Morgan fingerprint density at radius 3 is 2.38 bits per heavy atom. The van der Waals surface area contributed by atoms with Crippen LogP contribution in [0.25, 0.3) is 0 Å². The molecule has 6 nitrogen and oxygen atoms in total. The van der Waals surface area contributed by atoms with E-state index in [1.54, 1.807) is 0 Å². The van der Waals surface area contributed by atoms with Gasteiger partial charge in [-0.05, 0) is 68.6 Å². The average molecular weight is 381 g/mol. The minimum absolute atomic E-state index is 0.0658. The number of carbonyl (C=O) groups excluding carboxylic acids is 3. The molecule has 0 spiro atoms. The predicted octanol–water partition coefficient (Wildman–Crippen LogP) is 2.42. The summed E-state index contributed by atoms with van der Waals surface area (Å²) in [6, 6.07) is 0.124. The molecule has 5 fully saturated rings. The highest BCUT2D eigenvalue weighted by molar-refractivity contribution is 8.13. The lowest BCUT2D eigenvalue weighted by Gasteiger charge is -2.59. The van der Waals surface area contributed by atoms with Crippen LogP contribution in [-0.4, -0.2) is 53.5 Å². The monoisotopic (exact) mass is 380 g/mol. The highest BCUT2D eigenvalue weighted by Crippen LogP contribution is 2.61. The third-order valence-electron chi connectivity index (χ3n) is 6.91. The summed E-state index contributed by atoms with van der Waals surface area (Å²) >= 11 is 1.21. The normalized spacial score (nSPS) is 36.3. The van der Waals surface area contributed by atoms with Crippen LogP contribution in [-0.2, 0) is 14.3 Å². The van der Waals surface area contributed by atoms with E-state index in [2.05, 4.69) is 12.2 Å². The molecule has 5 aliphatic rings. The molecule has 4 bridgehead atoms. The van der Waals surface area contributed by atoms with Crippen LogP contribution in [0.15, 0.2) is 0 Å². The Hall–Kier alpha value is -1.24. The number of thioether (sulfide) groups is 1. The molecule has 2 amide bonds. The van der Waals surface area contributed by atoms with Gasteiger partial charge in [0.25, 0.3) is 11.1 Å². The van der Waals surface area contributed by atoms with Gasteiger partial charge < -0.3 is 15.0 Å². The Balaban J connectivity index is 1.24. The molecule has 4 saturated carbocycles. The predicted molar refractivity (Wildman–Crippen MR) is 98.6 cm³/mol. The van der Waals surface area contributed by atoms with Crippen molar-refractivity contribution in [2.24, 2.45) is 23.2 Å². The molecular formula is C19H28N2O4S. The Morgan fingerprint density at radius 1 is 1.23 bits per heavy atom. The minimum atomic E-state index is -0.515. The van der Waals surface area contributed by atoms with Crippen LogP contribution in [0.3, 0.4) is 0 Å². The summed E-state index contributed by atoms with van der Waals surface area (Å²) < 4.78 is 5.08. The second-order valence-electron chi connectivity index (χ2n) is 8.77. The first-order valence-electron chi connectivity index (χ1n) is 9.80. The van der Waals surface area contributed by atoms with E-state index < -0.39 is 5.97 Å². The Morgan fingerprint density at radius 2 is 1.85 bits per heavy atom. The first-order valence-corrected chi connectivity index (χ1v) is 10.8. The number of ether oxygens (including phenoxy) is 1. The molecule has 4 aliphatic carbocycles. The largest absolute Gasteiger partial charge is 0.454 e. The quantitative estimate of drug-likeness (QED) is 0.716. The van der Waals surface area contributed by atoms with Crippen LogP contribution in [0.2, 0.25) is 0 Å². The first kappa shape index (κ1) is 18.1. The lowest BCUT2D eigenvalue weighted by Crippen LogP contribution is -2.56.